The van der Waals surface area contributed by atoms with Gasteiger partial charge in [-0.2, -0.15) is 0 Å². The Balaban J connectivity index is 4.41. The van der Waals surface area contributed by atoms with Crippen molar-refractivity contribution in [3.63, 3.8) is 0 Å². The Kier molecular flexibility index (Phi) is 55.8. The van der Waals surface area contributed by atoms with Crippen molar-refractivity contribution >= 4 is 17.9 Å². The van der Waals surface area contributed by atoms with Crippen LogP contribution in [0.1, 0.15) is 297 Å². The number of esters is 3. The summed E-state index contributed by atoms with van der Waals surface area (Å²) in [4.78, 5) is 38.2. The first-order valence-electron chi connectivity index (χ1n) is 29.9. The summed E-state index contributed by atoms with van der Waals surface area (Å²) in [5.74, 6) is -0.945. The third kappa shape index (κ3) is 55.8. The summed E-state index contributed by atoms with van der Waals surface area (Å²) >= 11 is 0. The maximum atomic E-state index is 12.8. The van der Waals surface area contributed by atoms with Crippen LogP contribution in [0.2, 0.25) is 0 Å². The molecule has 0 spiro atoms. The molecule has 0 bridgehead atoms. The Bertz CT molecular complexity index is 1310. The molecular formula is C64H112O6. The zero-order valence-corrected chi connectivity index (χ0v) is 46.3. The van der Waals surface area contributed by atoms with Crippen molar-refractivity contribution in [1.82, 2.24) is 0 Å². The van der Waals surface area contributed by atoms with E-state index < -0.39 is 6.10 Å². The van der Waals surface area contributed by atoms with Gasteiger partial charge in [0, 0.05) is 19.3 Å². The highest BCUT2D eigenvalue weighted by atomic mass is 16.6. The van der Waals surface area contributed by atoms with Crippen LogP contribution in [0.25, 0.3) is 0 Å². The van der Waals surface area contributed by atoms with Crippen LogP contribution in [-0.4, -0.2) is 37.2 Å². The fraction of sp³-hybridized carbons (Fsp3) is 0.766. The first-order valence-corrected chi connectivity index (χ1v) is 29.9. The molecular weight excluding hydrogens is 865 g/mol. The molecule has 0 fully saturated rings. The van der Waals surface area contributed by atoms with Gasteiger partial charge in [-0.25, -0.2) is 0 Å². The van der Waals surface area contributed by atoms with Gasteiger partial charge < -0.3 is 14.2 Å². The minimum atomic E-state index is -0.804. The molecule has 0 amide bonds. The van der Waals surface area contributed by atoms with Crippen molar-refractivity contribution < 1.29 is 28.6 Å². The fourth-order valence-electron chi connectivity index (χ4n) is 8.47. The first-order chi connectivity index (χ1) is 34.5. The molecule has 0 aliphatic heterocycles. The van der Waals surface area contributed by atoms with E-state index in [1.54, 1.807) is 0 Å². The predicted octanol–water partition coefficient (Wildman–Crippen LogP) is 20.2. The summed E-state index contributed by atoms with van der Waals surface area (Å²) in [5, 5.41) is 0. The molecule has 0 aromatic rings. The van der Waals surface area contributed by atoms with Gasteiger partial charge in [0.2, 0.25) is 0 Å². The lowest BCUT2D eigenvalue weighted by Gasteiger charge is -2.18. The van der Waals surface area contributed by atoms with Crippen LogP contribution in [0.3, 0.4) is 0 Å². The maximum absolute atomic E-state index is 12.8. The van der Waals surface area contributed by atoms with E-state index in [4.69, 9.17) is 14.2 Å². The van der Waals surface area contributed by atoms with Crippen molar-refractivity contribution in [2.75, 3.05) is 13.2 Å². The summed E-state index contributed by atoms with van der Waals surface area (Å²) < 4.78 is 16.8. The van der Waals surface area contributed by atoms with E-state index in [9.17, 15) is 14.4 Å². The number of unbranched alkanes of at least 4 members (excludes halogenated alkanes) is 31. The van der Waals surface area contributed by atoms with Gasteiger partial charge in [0.05, 0.1) is 0 Å². The zero-order valence-electron chi connectivity index (χ0n) is 46.3. The Hall–Kier alpha value is -3.15. The summed E-state index contributed by atoms with van der Waals surface area (Å²) in [6.45, 7) is 6.51. The summed E-state index contributed by atoms with van der Waals surface area (Å²) in [6, 6.07) is 0. The maximum Gasteiger partial charge on any atom is 0.306 e. The second-order valence-corrected chi connectivity index (χ2v) is 19.9. The molecule has 0 aliphatic rings. The van der Waals surface area contributed by atoms with Gasteiger partial charge in [-0.05, 0) is 83.5 Å². The molecule has 0 saturated heterocycles. The molecule has 0 heterocycles. The van der Waals surface area contributed by atoms with Gasteiger partial charge in [0.1, 0.15) is 13.2 Å². The van der Waals surface area contributed by atoms with Crippen LogP contribution < -0.4 is 0 Å². The van der Waals surface area contributed by atoms with Gasteiger partial charge in [-0.1, -0.05) is 267 Å². The fourth-order valence-corrected chi connectivity index (χ4v) is 8.47. The molecule has 0 N–H and O–H groups in total. The minimum Gasteiger partial charge on any atom is -0.462 e. The number of carbonyl (C=O) groups is 3. The van der Waals surface area contributed by atoms with Crippen LogP contribution >= 0.6 is 0 Å². The Morgan fingerprint density at radius 2 is 0.571 bits per heavy atom. The highest BCUT2D eigenvalue weighted by Crippen LogP contribution is 2.16. The standard InChI is InChI=1S/C64H112O6/c1-4-7-10-13-16-19-22-25-28-30-31-32-33-35-36-39-42-45-48-51-54-57-63(66)69-60-61(59-68-62(65)56-53-50-47-44-41-38-27-24-21-18-15-12-9-6-3)70-64(67)58-55-52-49-46-43-40-37-34-29-26-23-20-17-14-11-8-5-2/h8,11,17,20,26,29-31,37,40,46,49,61H,4-7,9-10,12-16,18-19,21-25,27-28,32-36,38-39,41-45,47-48,50-60H2,1-3H3/b11-8-,20-17-,29-26-,31-30-,40-37-,49-46-. The second kappa shape index (κ2) is 58.4. The van der Waals surface area contributed by atoms with Crippen molar-refractivity contribution in [3.8, 4) is 0 Å². The lowest BCUT2D eigenvalue weighted by Crippen LogP contribution is -2.30. The quantitative estimate of drug-likeness (QED) is 0.0261. The SMILES string of the molecule is CC/C=C\C/C=C\C/C=C\C/C=C\C/C=C\CCCC(=O)OC(COC(=O)CCCCCCCCCCC/C=C\CCCCCCCCCC)COC(=O)CCCCCCCCCCCCCCCC. The molecule has 0 saturated carbocycles. The van der Waals surface area contributed by atoms with Gasteiger partial charge in [0.15, 0.2) is 6.10 Å². The van der Waals surface area contributed by atoms with E-state index in [-0.39, 0.29) is 37.5 Å². The van der Waals surface area contributed by atoms with Crippen molar-refractivity contribution in [3.05, 3.63) is 72.9 Å². The Morgan fingerprint density at radius 3 is 0.929 bits per heavy atom. The number of allylic oxidation sites excluding steroid dienone is 12. The normalized spacial score (nSPS) is 12.6. The molecule has 6 nitrogen and oxygen atoms in total. The van der Waals surface area contributed by atoms with Crippen LogP contribution in [0.5, 0.6) is 0 Å². The summed E-state index contributed by atoms with van der Waals surface area (Å²) in [5.41, 5.74) is 0. The van der Waals surface area contributed by atoms with Crippen LogP contribution in [0.4, 0.5) is 0 Å². The molecule has 6 heteroatoms. The Labute approximate surface area is 433 Å². The Morgan fingerprint density at radius 1 is 0.300 bits per heavy atom. The number of hydrogen-bond donors (Lipinski definition) is 0. The number of hydrogen-bond acceptors (Lipinski definition) is 6. The van der Waals surface area contributed by atoms with Crippen LogP contribution in [0, 0.1) is 0 Å². The second-order valence-electron chi connectivity index (χ2n) is 19.9. The molecule has 70 heavy (non-hydrogen) atoms. The van der Waals surface area contributed by atoms with Crippen LogP contribution in [-0.2, 0) is 28.6 Å². The van der Waals surface area contributed by atoms with Gasteiger partial charge >= 0.3 is 17.9 Å². The topological polar surface area (TPSA) is 78.9 Å². The van der Waals surface area contributed by atoms with E-state index in [1.165, 1.54) is 173 Å². The van der Waals surface area contributed by atoms with Gasteiger partial charge in [0.25, 0.3) is 0 Å². The molecule has 0 rings (SSSR count). The molecule has 404 valence electrons. The molecule has 1 unspecified atom stereocenters. The predicted molar refractivity (Wildman–Crippen MR) is 302 cm³/mol. The van der Waals surface area contributed by atoms with E-state index in [1.807, 2.05) is 0 Å². The molecule has 0 aromatic heterocycles. The number of ether oxygens (including phenoxy) is 3. The van der Waals surface area contributed by atoms with Gasteiger partial charge in [-0.3, -0.25) is 14.4 Å². The third-order valence-electron chi connectivity index (χ3n) is 12.9. The highest BCUT2D eigenvalue weighted by molar-refractivity contribution is 5.71. The van der Waals surface area contributed by atoms with Crippen molar-refractivity contribution in [2.24, 2.45) is 0 Å². The zero-order chi connectivity index (χ0) is 50.7. The lowest BCUT2D eigenvalue weighted by molar-refractivity contribution is -0.167. The van der Waals surface area contributed by atoms with E-state index in [2.05, 4.69) is 93.7 Å². The van der Waals surface area contributed by atoms with E-state index >= 15 is 0 Å². The largest absolute Gasteiger partial charge is 0.462 e. The molecule has 0 radical (unpaired) electrons. The molecule has 0 aliphatic carbocycles. The number of carbonyl (C=O) groups excluding carboxylic acids is 3. The van der Waals surface area contributed by atoms with Crippen LogP contribution in [0.15, 0.2) is 72.9 Å². The summed E-state index contributed by atoms with van der Waals surface area (Å²) in [7, 11) is 0. The monoisotopic (exact) mass is 977 g/mol. The highest BCUT2D eigenvalue weighted by Gasteiger charge is 2.19. The smallest absolute Gasteiger partial charge is 0.306 e. The molecule has 1 atom stereocenters. The first kappa shape index (κ1) is 66.9. The van der Waals surface area contributed by atoms with Gasteiger partial charge in [-0.15, -0.1) is 0 Å². The summed E-state index contributed by atoms with van der Waals surface area (Å²) in [6.07, 6.45) is 74.8. The lowest BCUT2D eigenvalue weighted by atomic mass is 10.0. The average Bonchev–Trinajstić information content (AvgIpc) is 3.36. The van der Waals surface area contributed by atoms with E-state index in [0.717, 1.165) is 77.0 Å². The molecule has 0 aromatic carbocycles. The minimum absolute atomic E-state index is 0.0959. The number of rotatable bonds is 54. The third-order valence-corrected chi connectivity index (χ3v) is 12.9. The van der Waals surface area contributed by atoms with Crippen molar-refractivity contribution in [1.29, 1.82) is 0 Å². The average molecular weight is 978 g/mol. The van der Waals surface area contributed by atoms with E-state index in [0.29, 0.717) is 19.3 Å². The van der Waals surface area contributed by atoms with Crippen molar-refractivity contribution in [2.45, 2.75) is 303 Å².